The molecule has 1 aromatic rings. The van der Waals surface area contributed by atoms with Gasteiger partial charge in [0.1, 0.15) is 24.4 Å². The second-order valence-electron chi connectivity index (χ2n) is 15.4. The largest absolute Gasteiger partial charge is 0.467 e. The van der Waals surface area contributed by atoms with Crippen LogP contribution in [0.15, 0.2) is 24.3 Å². The van der Waals surface area contributed by atoms with Gasteiger partial charge < -0.3 is 33.1 Å². The van der Waals surface area contributed by atoms with E-state index < -0.39 is 71.1 Å². The Bertz CT molecular complexity index is 1250. The van der Waals surface area contributed by atoms with Gasteiger partial charge in [0.15, 0.2) is 28.8 Å². The summed E-state index contributed by atoms with van der Waals surface area (Å²) in [5, 5.41) is 2.37. The lowest BCUT2D eigenvalue weighted by Crippen LogP contribution is -2.63. The minimum Gasteiger partial charge on any atom is -0.467 e. The molecule has 266 valence electrons. The monoisotopic (exact) mass is 695 g/mol. The van der Waals surface area contributed by atoms with E-state index in [0.29, 0.717) is 5.56 Å². The van der Waals surface area contributed by atoms with Gasteiger partial charge in [0.25, 0.3) is 0 Å². The first-order chi connectivity index (χ1) is 21.4. The van der Waals surface area contributed by atoms with E-state index >= 15 is 0 Å². The highest BCUT2D eigenvalue weighted by Crippen LogP contribution is 2.44. The summed E-state index contributed by atoms with van der Waals surface area (Å²) in [6.45, 7) is 25.5. The van der Waals surface area contributed by atoms with Crippen molar-refractivity contribution in [2.75, 3.05) is 13.7 Å². The van der Waals surface area contributed by atoms with Crippen molar-refractivity contribution in [1.82, 2.24) is 5.32 Å². The first-order valence-electron chi connectivity index (χ1n) is 16.2. The molecule has 0 radical (unpaired) electrons. The average molecular weight is 696 g/mol. The topological polar surface area (TPSA) is 136 Å². The minimum atomic E-state index is -2.48. The van der Waals surface area contributed by atoms with Gasteiger partial charge in [0, 0.05) is 27.2 Å². The van der Waals surface area contributed by atoms with Crippen molar-refractivity contribution in [3.05, 3.63) is 35.4 Å². The second kappa shape index (κ2) is 15.8. The number of nitrogens with one attached hydrogen (secondary N) is 1. The molecule has 0 unspecified atom stereocenters. The van der Waals surface area contributed by atoms with E-state index in [9.17, 15) is 19.2 Å². The molecular weight excluding hydrogens is 639 g/mol. The minimum absolute atomic E-state index is 0.0679. The van der Waals surface area contributed by atoms with E-state index in [-0.39, 0.29) is 29.0 Å². The molecule has 13 heteroatoms. The highest BCUT2D eigenvalue weighted by molar-refractivity contribution is 6.74. The molecule has 1 saturated heterocycles. The first-order valence-corrected chi connectivity index (χ1v) is 22.0. The Morgan fingerprint density at radius 3 is 1.77 bits per heavy atom. The Balaban J connectivity index is 2.64. The van der Waals surface area contributed by atoms with Crippen LogP contribution >= 0.6 is 0 Å². The van der Waals surface area contributed by atoms with E-state index in [2.05, 4.69) is 73.0 Å². The molecular formula is C34H57NO10Si2. The molecule has 0 aliphatic carbocycles. The van der Waals surface area contributed by atoms with Crippen LogP contribution in [0.4, 0.5) is 0 Å². The lowest BCUT2D eigenvalue weighted by atomic mass is 9.90. The van der Waals surface area contributed by atoms with Crippen LogP contribution in [-0.2, 0) is 53.4 Å². The molecule has 1 fully saturated rings. The van der Waals surface area contributed by atoms with E-state index in [0.717, 1.165) is 5.56 Å². The zero-order valence-corrected chi connectivity index (χ0v) is 32.8. The molecule has 6 atom stereocenters. The maximum atomic E-state index is 12.6. The van der Waals surface area contributed by atoms with Crippen molar-refractivity contribution in [3.8, 4) is 0 Å². The second-order valence-corrected chi connectivity index (χ2v) is 24.9. The summed E-state index contributed by atoms with van der Waals surface area (Å²) in [4.78, 5) is 49.1. The Hall–Kier alpha value is -2.59. The zero-order valence-electron chi connectivity index (χ0n) is 30.8. The number of hydrogen-bond acceptors (Lipinski definition) is 10. The Kier molecular flexibility index (Phi) is 13.6. The molecule has 1 heterocycles. The summed E-state index contributed by atoms with van der Waals surface area (Å²) >= 11 is 0. The molecule has 1 aliphatic rings. The Morgan fingerprint density at radius 1 is 0.809 bits per heavy atom. The molecule has 0 spiro atoms. The van der Waals surface area contributed by atoms with E-state index in [4.69, 9.17) is 27.8 Å². The maximum Gasteiger partial charge on any atom is 0.328 e. The fraction of sp³-hybridized carbons (Fsp3) is 0.706. The molecule has 1 amide bonds. The lowest BCUT2D eigenvalue weighted by molar-refractivity contribution is -0.243. The number of amides is 1. The highest BCUT2D eigenvalue weighted by atomic mass is 28.4. The van der Waals surface area contributed by atoms with Gasteiger partial charge >= 0.3 is 17.9 Å². The van der Waals surface area contributed by atoms with Gasteiger partial charge in [-0.25, -0.2) is 4.79 Å². The van der Waals surface area contributed by atoms with Gasteiger partial charge in [-0.3, -0.25) is 14.4 Å². The van der Waals surface area contributed by atoms with Gasteiger partial charge in [-0.2, -0.15) is 0 Å². The summed E-state index contributed by atoms with van der Waals surface area (Å²) in [5.74, 6) is -2.01. The van der Waals surface area contributed by atoms with Crippen LogP contribution < -0.4 is 5.32 Å². The van der Waals surface area contributed by atoms with E-state index in [1.165, 1.54) is 27.9 Å². The van der Waals surface area contributed by atoms with Crippen molar-refractivity contribution >= 4 is 40.4 Å². The molecule has 0 aromatic heterocycles. The van der Waals surface area contributed by atoms with Gasteiger partial charge in [-0.15, -0.1) is 0 Å². The number of esters is 3. The third-order valence-corrected chi connectivity index (χ3v) is 18.5. The molecule has 1 aliphatic heterocycles. The number of ether oxygens (including phenoxy) is 4. The van der Waals surface area contributed by atoms with Crippen molar-refractivity contribution < 1.29 is 47.0 Å². The number of benzene rings is 1. The molecule has 47 heavy (non-hydrogen) atoms. The van der Waals surface area contributed by atoms with Gasteiger partial charge in [0.2, 0.25) is 5.91 Å². The van der Waals surface area contributed by atoms with Gasteiger partial charge in [0.05, 0.1) is 13.7 Å². The van der Waals surface area contributed by atoms with Crippen LogP contribution in [0.25, 0.3) is 0 Å². The molecule has 11 nitrogen and oxygen atoms in total. The third kappa shape index (κ3) is 11.0. The quantitative estimate of drug-likeness (QED) is 0.167. The number of carbonyl (C=O) groups is 4. The number of carbonyl (C=O) groups excluding carboxylic acids is 4. The highest BCUT2D eigenvalue weighted by Gasteiger charge is 2.54. The molecule has 0 bridgehead atoms. The number of methoxy groups -OCH3 is 1. The van der Waals surface area contributed by atoms with Crippen molar-refractivity contribution in [2.45, 2.75) is 142 Å². The van der Waals surface area contributed by atoms with Crippen LogP contribution in [0.1, 0.15) is 79.5 Å². The third-order valence-electron chi connectivity index (χ3n) is 9.50. The van der Waals surface area contributed by atoms with Crippen molar-refractivity contribution in [1.29, 1.82) is 0 Å². The molecule has 1 aromatic carbocycles. The van der Waals surface area contributed by atoms with Crippen LogP contribution in [0.3, 0.4) is 0 Å². The first kappa shape index (κ1) is 40.6. The van der Waals surface area contributed by atoms with E-state index in [1.54, 1.807) is 0 Å². The predicted molar refractivity (Wildman–Crippen MR) is 184 cm³/mol. The van der Waals surface area contributed by atoms with Gasteiger partial charge in [-0.1, -0.05) is 65.8 Å². The van der Waals surface area contributed by atoms with Crippen LogP contribution in [-0.4, -0.2) is 84.6 Å². The maximum absolute atomic E-state index is 12.6. The fourth-order valence-corrected chi connectivity index (χ4v) is 7.12. The fourth-order valence-electron chi connectivity index (χ4n) is 4.79. The Morgan fingerprint density at radius 2 is 1.32 bits per heavy atom. The average Bonchev–Trinajstić information content (AvgIpc) is 2.91. The predicted octanol–water partition coefficient (Wildman–Crippen LogP) is 5.62. The number of rotatable bonds is 12. The SMILES string of the molecule is COC(=O)[C@H](Cc1ccc([C@H]2O[C@H](CO[Si](C)(C)C(C)(C)C)[C@@H](O[Si](C)(C)C(C)(C)C)[C@H](OC(C)=O)[C@@H]2OC(C)=O)cc1)NC(C)=O. The smallest absolute Gasteiger partial charge is 0.328 e. The summed E-state index contributed by atoms with van der Waals surface area (Å²) in [6.07, 6.45) is -4.09. The lowest BCUT2D eigenvalue weighted by Gasteiger charge is -2.50. The summed E-state index contributed by atoms with van der Waals surface area (Å²) < 4.78 is 37.1. The summed E-state index contributed by atoms with van der Waals surface area (Å²) in [5.41, 5.74) is 1.42. The normalized spacial score (nSPS) is 23.0. The summed E-state index contributed by atoms with van der Waals surface area (Å²) in [6, 6.07) is 6.37. The van der Waals surface area contributed by atoms with Crippen molar-refractivity contribution in [3.63, 3.8) is 0 Å². The van der Waals surface area contributed by atoms with Crippen molar-refractivity contribution in [2.24, 2.45) is 0 Å². The van der Waals surface area contributed by atoms with Gasteiger partial charge in [-0.05, 0) is 47.4 Å². The summed E-state index contributed by atoms with van der Waals surface area (Å²) in [7, 11) is -3.46. The number of hydrogen-bond donors (Lipinski definition) is 1. The molecule has 0 saturated carbocycles. The molecule has 1 N–H and O–H groups in total. The Labute approximate surface area is 283 Å². The zero-order chi connectivity index (χ0) is 36.1. The van der Waals surface area contributed by atoms with Crippen LogP contribution in [0.2, 0.25) is 36.3 Å². The van der Waals surface area contributed by atoms with Crippen LogP contribution in [0, 0.1) is 0 Å². The van der Waals surface area contributed by atoms with Crippen LogP contribution in [0.5, 0.6) is 0 Å². The molecule has 2 rings (SSSR count). The van der Waals surface area contributed by atoms with E-state index in [1.807, 2.05) is 24.3 Å². The standard InChI is InChI=1S/C34H57NO10Si2/c1-21(36)35-26(32(39)40-10)19-24-15-17-25(18-16-24)28-30(42-22(2)37)31(43-23(3)38)29(45-47(13,14)34(7,8)9)27(44-28)20-41-46(11,12)33(4,5)6/h15-18,26-31H,19-20H2,1-14H3,(H,35,36)/t26-,27+,28+,29+,30+,31-/m0/s1.